The number of amides is 1. The van der Waals surface area contributed by atoms with Gasteiger partial charge in [-0.05, 0) is 49.3 Å². The molecule has 2 aromatic carbocycles. The summed E-state index contributed by atoms with van der Waals surface area (Å²) in [6.45, 7) is 3.41. The Labute approximate surface area is 180 Å². The Morgan fingerprint density at radius 3 is 2.76 bits per heavy atom. The summed E-state index contributed by atoms with van der Waals surface area (Å²) in [6.07, 6.45) is 3.08. The lowest BCUT2D eigenvalue weighted by Crippen LogP contribution is -2.35. The Hall–Kier alpha value is -2.37. The highest BCUT2D eigenvalue weighted by molar-refractivity contribution is 7.19. The Kier molecular flexibility index (Phi) is 5.88. The summed E-state index contributed by atoms with van der Waals surface area (Å²) in [4.78, 5) is 20.7. The molecule has 0 unspecified atom stereocenters. The normalized spacial score (nSPS) is 13.4. The van der Waals surface area contributed by atoms with E-state index in [2.05, 4.69) is 11.1 Å². The van der Waals surface area contributed by atoms with Gasteiger partial charge >= 0.3 is 0 Å². The Morgan fingerprint density at radius 2 is 2.03 bits per heavy atom. The van der Waals surface area contributed by atoms with Crippen molar-refractivity contribution in [1.82, 2.24) is 9.88 Å². The van der Waals surface area contributed by atoms with Crippen LogP contribution in [0.15, 0.2) is 48.5 Å². The van der Waals surface area contributed by atoms with Crippen molar-refractivity contribution in [3.63, 3.8) is 0 Å². The molecule has 1 saturated carbocycles. The lowest BCUT2D eigenvalue weighted by atomic mass is 10.1. The van der Waals surface area contributed by atoms with Crippen molar-refractivity contribution < 1.29 is 4.79 Å². The van der Waals surface area contributed by atoms with E-state index >= 15 is 0 Å². The van der Waals surface area contributed by atoms with Gasteiger partial charge in [0.05, 0.1) is 4.88 Å². The predicted octanol–water partition coefficient (Wildman–Crippen LogP) is 5.45. The van der Waals surface area contributed by atoms with Crippen LogP contribution in [0, 0.1) is 12.8 Å². The minimum absolute atomic E-state index is 0.0478. The average molecular weight is 426 g/mol. The molecule has 1 amide bonds. The van der Waals surface area contributed by atoms with Crippen molar-refractivity contribution in [3.8, 4) is 10.4 Å². The highest BCUT2D eigenvalue weighted by Gasteiger charge is 2.30. The van der Waals surface area contributed by atoms with Gasteiger partial charge in [0.1, 0.15) is 5.69 Å². The molecule has 1 aliphatic rings. The third kappa shape index (κ3) is 4.80. The van der Waals surface area contributed by atoms with Crippen molar-refractivity contribution in [2.24, 2.45) is 5.92 Å². The Morgan fingerprint density at radius 1 is 1.24 bits per heavy atom. The molecule has 1 fully saturated rings. The topological polar surface area (TPSA) is 59.2 Å². The van der Waals surface area contributed by atoms with Crippen molar-refractivity contribution in [3.05, 3.63) is 70.4 Å². The van der Waals surface area contributed by atoms with Gasteiger partial charge in [0.15, 0.2) is 5.13 Å². The van der Waals surface area contributed by atoms with Crippen molar-refractivity contribution in [1.29, 1.82) is 0 Å². The van der Waals surface area contributed by atoms with Crippen LogP contribution in [0.2, 0.25) is 5.02 Å². The number of anilines is 1. The molecule has 4 nitrogen and oxygen atoms in total. The van der Waals surface area contributed by atoms with Crippen LogP contribution in [0.3, 0.4) is 0 Å². The van der Waals surface area contributed by atoms with E-state index in [1.54, 1.807) is 0 Å². The van der Waals surface area contributed by atoms with Gasteiger partial charge in [-0.25, -0.2) is 4.98 Å². The first kappa shape index (κ1) is 19.9. The fourth-order valence-corrected chi connectivity index (χ4v) is 4.51. The van der Waals surface area contributed by atoms with Crippen LogP contribution in [-0.4, -0.2) is 28.9 Å². The predicted molar refractivity (Wildman–Crippen MR) is 120 cm³/mol. The summed E-state index contributed by atoms with van der Waals surface area (Å²) in [6, 6.07) is 15.9. The maximum Gasteiger partial charge on any atom is 0.274 e. The van der Waals surface area contributed by atoms with Gasteiger partial charge in [-0.3, -0.25) is 4.79 Å². The highest BCUT2D eigenvalue weighted by Crippen LogP contribution is 2.35. The fourth-order valence-electron chi connectivity index (χ4n) is 3.46. The summed E-state index contributed by atoms with van der Waals surface area (Å²) < 4.78 is 0. The summed E-state index contributed by atoms with van der Waals surface area (Å²) in [5.74, 6) is 0.539. The number of carbonyl (C=O) groups is 1. The highest BCUT2D eigenvalue weighted by atomic mass is 35.5. The largest absolute Gasteiger partial charge is 0.375 e. The lowest BCUT2D eigenvalue weighted by molar-refractivity contribution is 0.0745. The van der Waals surface area contributed by atoms with Gasteiger partial charge in [-0.15, -0.1) is 0 Å². The number of hydrogen-bond donors (Lipinski definition) is 1. The number of nitrogens with zero attached hydrogens (tertiary/aromatic N) is 2. The molecule has 1 heterocycles. The summed E-state index contributed by atoms with van der Waals surface area (Å²) in [7, 11) is 0. The molecule has 2 N–H and O–H groups in total. The molecule has 0 aliphatic heterocycles. The first-order chi connectivity index (χ1) is 14.0. The zero-order valence-corrected chi connectivity index (χ0v) is 18.0. The number of carbonyl (C=O) groups excluding carboxylic acids is 1. The number of aryl methyl sites for hydroxylation is 1. The van der Waals surface area contributed by atoms with E-state index in [1.165, 1.54) is 24.2 Å². The van der Waals surface area contributed by atoms with Crippen LogP contribution in [0.5, 0.6) is 0 Å². The van der Waals surface area contributed by atoms with Crippen molar-refractivity contribution in [2.75, 3.05) is 18.8 Å². The summed E-state index contributed by atoms with van der Waals surface area (Å²) >= 11 is 7.69. The molecule has 6 heteroatoms. The molecule has 1 aromatic heterocycles. The van der Waals surface area contributed by atoms with Crippen molar-refractivity contribution in [2.45, 2.75) is 26.2 Å². The first-order valence-electron chi connectivity index (χ1n) is 9.87. The maximum absolute atomic E-state index is 13.5. The quantitative estimate of drug-likeness (QED) is 0.547. The van der Waals surface area contributed by atoms with Crippen LogP contribution in [0.25, 0.3) is 10.4 Å². The zero-order valence-electron chi connectivity index (χ0n) is 16.4. The van der Waals surface area contributed by atoms with Crippen LogP contribution in [-0.2, 0) is 6.42 Å². The monoisotopic (exact) mass is 425 g/mol. The molecule has 0 atom stereocenters. The number of thiazole rings is 1. The zero-order chi connectivity index (χ0) is 20.4. The first-order valence-corrected chi connectivity index (χ1v) is 11.1. The number of nitrogen functional groups attached to an aromatic ring is 1. The maximum atomic E-state index is 13.5. The van der Waals surface area contributed by atoms with E-state index in [4.69, 9.17) is 17.3 Å². The van der Waals surface area contributed by atoms with E-state index in [0.29, 0.717) is 23.3 Å². The van der Waals surface area contributed by atoms with E-state index in [-0.39, 0.29) is 5.91 Å². The second-order valence-electron chi connectivity index (χ2n) is 7.64. The number of rotatable bonds is 7. The van der Waals surface area contributed by atoms with Crippen LogP contribution >= 0.6 is 22.9 Å². The number of halogens is 1. The molecular formula is C23H24ClN3OS. The molecule has 150 valence electrons. The number of nitrogens with two attached hydrogens (primary N) is 1. The van der Waals surface area contributed by atoms with Crippen molar-refractivity contribution >= 4 is 34.0 Å². The minimum Gasteiger partial charge on any atom is -0.375 e. The smallest absolute Gasteiger partial charge is 0.274 e. The van der Waals surface area contributed by atoms with Gasteiger partial charge in [-0.2, -0.15) is 0 Å². The Bertz CT molecular complexity index is 1030. The third-order valence-electron chi connectivity index (χ3n) is 5.20. The molecule has 0 spiro atoms. The molecular weight excluding hydrogens is 402 g/mol. The SMILES string of the molecule is Cc1cccc(-c2sc(N)nc2C(=O)N(CCc2ccccc2Cl)CC2CC2)c1. The lowest BCUT2D eigenvalue weighted by Gasteiger charge is -2.22. The second kappa shape index (κ2) is 8.56. The van der Waals surface area contributed by atoms with E-state index in [1.807, 2.05) is 54.3 Å². The summed E-state index contributed by atoms with van der Waals surface area (Å²) in [5, 5.41) is 1.16. The molecule has 4 rings (SSSR count). The van der Waals surface area contributed by atoms with Crippen LogP contribution in [0.1, 0.15) is 34.5 Å². The number of hydrogen-bond acceptors (Lipinski definition) is 4. The van der Waals surface area contributed by atoms with E-state index in [9.17, 15) is 4.79 Å². The van der Waals surface area contributed by atoms with Gasteiger partial charge in [0.2, 0.25) is 0 Å². The summed E-state index contributed by atoms with van der Waals surface area (Å²) in [5.41, 5.74) is 9.65. The van der Waals surface area contributed by atoms with Gasteiger partial charge in [0, 0.05) is 18.1 Å². The standard InChI is InChI=1S/C23H24ClN3OS/c1-15-5-4-7-18(13-15)21-20(26-23(25)29-21)22(28)27(14-16-9-10-16)12-11-17-6-2-3-8-19(17)24/h2-8,13,16H,9-12,14H2,1H3,(H2,25,26). The molecule has 29 heavy (non-hydrogen) atoms. The van der Waals surface area contributed by atoms with Crippen LogP contribution < -0.4 is 5.73 Å². The molecule has 0 radical (unpaired) electrons. The Balaban J connectivity index is 1.60. The second-order valence-corrected chi connectivity index (χ2v) is 9.07. The van der Waals surface area contributed by atoms with E-state index in [0.717, 1.165) is 39.6 Å². The average Bonchev–Trinajstić information content (AvgIpc) is 3.44. The van der Waals surface area contributed by atoms with Gasteiger partial charge in [-0.1, -0.05) is 71.0 Å². The molecule has 0 saturated heterocycles. The number of aromatic nitrogens is 1. The van der Waals surface area contributed by atoms with Gasteiger partial charge in [0.25, 0.3) is 5.91 Å². The molecule has 1 aliphatic carbocycles. The molecule has 3 aromatic rings. The molecule has 0 bridgehead atoms. The van der Waals surface area contributed by atoms with E-state index < -0.39 is 0 Å². The third-order valence-corrected chi connectivity index (χ3v) is 6.50. The van der Waals surface area contributed by atoms with Crippen LogP contribution in [0.4, 0.5) is 5.13 Å². The fraction of sp³-hybridized carbons (Fsp3) is 0.304. The number of benzene rings is 2. The van der Waals surface area contributed by atoms with Gasteiger partial charge < -0.3 is 10.6 Å². The minimum atomic E-state index is -0.0478.